The quantitative estimate of drug-likeness (QED) is 0.502. The number of rotatable bonds is 7. The number of nitrogens with one attached hydrogen (secondary N) is 2. The summed E-state index contributed by atoms with van der Waals surface area (Å²) in [6.07, 6.45) is 0. The van der Waals surface area contributed by atoms with Gasteiger partial charge in [-0.1, -0.05) is 23.4 Å². The summed E-state index contributed by atoms with van der Waals surface area (Å²) in [6, 6.07) is 11.6. The molecule has 0 fully saturated rings. The fraction of sp³-hybridized carbons (Fsp3) is 0.111. The Balaban J connectivity index is 1.58. The first-order valence-corrected chi connectivity index (χ1v) is 9.35. The third-order valence-corrected chi connectivity index (χ3v) is 4.82. The SMILES string of the molecule is COc1ccc(-c2nc(SCC(=O)Nc3ccc(Cl)c(C(=O)O)c3)n[nH]2)cc1. The van der Waals surface area contributed by atoms with Crippen LogP contribution in [-0.2, 0) is 4.79 Å². The van der Waals surface area contributed by atoms with Crippen LogP contribution in [0.4, 0.5) is 5.69 Å². The molecule has 1 aromatic heterocycles. The van der Waals surface area contributed by atoms with Gasteiger partial charge in [0.2, 0.25) is 11.1 Å². The largest absolute Gasteiger partial charge is 0.497 e. The van der Waals surface area contributed by atoms with Crippen LogP contribution in [0.5, 0.6) is 5.75 Å². The highest BCUT2D eigenvalue weighted by molar-refractivity contribution is 7.99. The minimum absolute atomic E-state index is 0.0605. The predicted molar refractivity (Wildman–Crippen MR) is 106 cm³/mol. The number of carboxylic acids is 1. The summed E-state index contributed by atoms with van der Waals surface area (Å²) in [7, 11) is 1.59. The number of hydrogen-bond acceptors (Lipinski definition) is 6. The average Bonchev–Trinajstić information content (AvgIpc) is 3.17. The van der Waals surface area contributed by atoms with Crippen LogP contribution in [0, 0.1) is 0 Å². The predicted octanol–water partition coefficient (Wildman–Crippen LogP) is 3.56. The Morgan fingerprint density at radius 3 is 2.68 bits per heavy atom. The molecular weight excluding hydrogens is 404 g/mol. The Hall–Kier alpha value is -3.04. The number of aromatic carboxylic acids is 1. The van der Waals surface area contributed by atoms with E-state index in [1.54, 1.807) is 7.11 Å². The number of halogens is 1. The van der Waals surface area contributed by atoms with Crippen LogP contribution in [0.1, 0.15) is 10.4 Å². The number of amides is 1. The van der Waals surface area contributed by atoms with Gasteiger partial charge in [-0.3, -0.25) is 9.89 Å². The summed E-state index contributed by atoms with van der Waals surface area (Å²) < 4.78 is 5.12. The van der Waals surface area contributed by atoms with Crippen molar-refractivity contribution in [1.29, 1.82) is 0 Å². The number of carboxylic acid groups (broad SMARTS) is 1. The molecule has 0 aliphatic heterocycles. The lowest BCUT2D eigenvalue weighted by Crippen LogP contribution is -2.14. The van der Waals surface area contributed by atoms with Crippen molar-refractivity contribution in [3.63, 3.8) is 0 Å². The molecule has 0 aliphatic carbocycles. The Morgan fingerprint density at radius 2 is 2.00 bits per heavy atom. The zero-order chi connectivity index (χ0) is 20.1. The summed E-state index contributed by atoms with van der Waals surface area (Å²) in [5.74, 6) is -0.107. The van der Waals surface area contributed by atoms with Crippen LogP contribution in [-0.4, -0.2) is 45.0 Å². The maximum Gasteiger partial charge on any atom is 0.337 e. The average molecular weight is 419 g/mol. The van der Waals surface area contributed by atoms with E-state index in [0.717, 1.165) is 23.1 Å². The summed E-state index contributed by atoms with van der Waals surface area (Å²) >= 11 is 6.97. The Labute approximate surface area is 169 Å². The number of carbonyl (C=O) groups is 2. The second-order valence-electron chi connectivity index (χ2n) is 5.53. The van der Waals surface area contributed by atoms with E-state index < -0.39 is 5.97 Å². The molecule has 8 nitrogen and oxygen atoms in total. The number of methoxy groups -OCH3 is 1. The van der Waals surface area contributed by atoms with Crippen LogP contribution >= 0.6 is 23.4 Å². The second-order valence-corrected chi connectivity index (χ2v) is 6.88. The van der Waals surface area contributed by atoms with Crippen molar-refractivity contribution >= 4 is 40.9 Å². The molecule has 0 saturated carbocycles. The number of hydrogen-bond donors (Lipinski definition) is 3. The molecule has 0 bridgehead atoms. The molecule has 0 radical (unpaired) electrons. The summed E-state index contributed by atoms with van der Waals surface area (Å²) in [6.45, 7) is 0. The number of H-pyrrole nitrogens is 1. The van der Waals surface area contributed by atoms with Crippen LogP contribution in [0.3, 0.4) is 0 Å². The molecule has 0 atom stereocenters. The van der Waals surface area contributed by atoms with Crippen molar-refractivity contribution in [2.24, 2.45) is 0 Å². The van der Waals surface area contributed by atoms with Gasteiger partial charge in [-0.15, -0.1) is 5.10 Å². The van der Waals surface area contributed by atoms with E-state index in [4.69, 9.17) is 21.4 Å². The van der Waals surface area contributed by atoms with E-state index in [1.807, 2.05) is 24.3 Å². The van der Waals surface area contributed by atoms with Crippen molar-refractivity contribution in [3.05, 3.63) is 53.1 Å². The van der Waals surface area contributed by atoms with Crippen molar-refractivity contribution in [2.45, 2.75) is 5.16 Å². The highest BCUT2D eigenvalue weighted by atomic mass is 35.5. The van der Waals surface area contributed by atoms with Crippen LogP contribution < -0.4 is 10.1 Å². The lowest BCUT2D eigenvalue weighted by Gasteiger charge is -2.06. The maximum atomic E-state index is 12.1. The molecule has 2 aromatic carbocycles. The second kappa shape index (κ2) is 8.77. The third-order valence-electron chi connectivity index (χ3n) is 3.64. The molecule has 144 valence electrons. The zero-order valence-corrected chi connectivity index (χ0v) is 16.2. The molecule has 3 aromatic rings. The lowest BCUT2D eigenvalue weighted by molar-refractivity contribution is -0.113. The van der Waals surface area contributed by atoms with Gasteiger partial charge >= 0.3 is 5.97 Å². The Bertz CT molecular complexity index is 1010. The first kappa shape index (κ1) is 19.7. The van der Waals surface area contributed by atoms with E-state index in [1.165, 1.54) is 18.2 Å². The Kier molecular flexibility index (Phi) is 6.17. The number of thioether (sulfide) groups is 1. The number of anilines is 1. The highest BCUT2D eigenvalue weighted by Crippen LogP contribution is 2.23. The molecule has 0 unspecified atom stereocenters. The van der Waals surface area contributed by atoms with Gasteiger partial charge in [0.25, 0.3) is 0 Å². The standard InChI is InChI=1S/C18H15ClN4O4S/c1-27-12-5-2-10(3-6-12)16-21-18(23-22-16)28-9-15(24)20-11-4-7-14(19)13(8-11)17(25)26/h2-8H,9H2,1H3,(H,20,24)(H,25,26)(H,21,22,23). The van der Waals surface area contributed by atoms with E-state index in [9.17, 15) is 9.59 Å². The molecule has 0 saturated heterocycles. The number of ether oxygens (including phenoxy) is 1. The molecule has 3 rings (SSSR count). The normalized spacial score (nSPS) is 10.5. The van der Waals surface area contributed by atoms with Crippen LogP contribution in [0.15, 0.2) is 47.6 Å². The van der Waals surface area contributed by atoms with Crippen molar-refractivity contribution in [3.8, 4) is 17.1 Å². The van der Waals surface area contributed by atoms with Gasteiger partial charge in [0.15, 0.2) is 5.82 Å². The fourth-order valence-electron chi connectivity index (χ4n) is 2.28. The minimum atomic E-state index is -1.16. The summed E-state index contributed by atoms with van der Waals surface area (Å²) in [4.78, 5) is 27.5. The zero-order valence-electron chi connectivity index (χ0n) is 14.6. The number of aromatic amines is 1. The molecule has 0 aliphatic rings. The third kappa shape index (κ3) is 4.81. The molecule has 3 N–H and O–H groups in total. The van der Waals surface area contributed by atoms with Crippen LogP contribution in [0.25, 0.3) is 11.4 Å². The number of aromatic nitrogens is 3. The van der Waals surface area contributed by atoms with Gasteiger partial charge in [-0.05, 0) is 42.5 Å². The smallest absolute Gasteiger partial charge is 0.337 e. The highest BCUT2D eigenvalue weighted by Gasteiger charge is 2.12. The van der Waals surface area contributed by atoms with Crippen molar-refractivity contribution in [2.75, 3.05) is 18.2 Å². The van der Waals surface area contributed by atoms with Gasteiger partial charge < -0.3 is 15.2 Å². The molecule has 0 spiro atoms. The van der Waals surface area contributed by atoms with E-state index in [-0.39, 0.29) is 22.2 Å². The topological polar surface area (TPSA) is 117 Å². The van der Waals surface area contributed by atoms with Gasteiger partial charge in [0.05, 0.1) is 23.4 Å². The molecule has 28 heavy (non-hydrogen) atoms. The van der Waals surface area contributed by atoms with Crippen LogP contribution in [0.2, 0.25) is 5.02 Å². The molecular formula is C18H15ClN4O4S. The van der Waals surface area contributed by atoms with Crippen molar-refractivity contribution in [1.82, 2.24) is 15.2 Å². The fourth-order valence-corrected chi connectivity index (χ4v) is 3.08. The number of nitrogens with zero attached hydrogens (tertiary/aromatic N) is 2. The first-order chi connectivity index (χ1) is 13.5. The van der Waals surface area contributed by atoms with Gasteiger partial charge in [0, 0.05) is 11.3 Å². The summed E-state index contributed by atoms with van der Waals surface area (Å²) in [5, 5.41) is 19.1. The Morgan fingerprint density at radius 1 is 1.25 bits per heavy atom. The van der Waals surface area contributed by atoms with E-state index in [2.05, 4.69) is 20.5 Å². The monoisotopic (exact) mass is 418 g/mol. The molecule has 1 heterocycles. The summed E-state index contributed by atoms with van der Waals surface area (Å²) in [5.41, 5.74) is 1.11. The molecule has 10 heteroatoms. The van der Waals surface area contributed by atoms with Gasteiger partial charge in [-0.2, -0.15) is 0 Å². The van der Waals surface area contributed by atoms with E-state index in [0.29, 0.717) is 16.7 Å². The first-order valence-electron chi connectivity index (χ1n) is 7.98. The number of carbonyl (C=O) groups excluding carboxylic acids is 1. The molecule has 1 amide bonds. The number of benzene rings is 2. The van der Waals surface area contributed by atoms with Gasteiger partial charge in [0.1, 0.15) is 5.75 Å². The van der Waals surface area contributed by atoms with Gasteiger partial charge in [-0.25, -0.2) is 9.78 Å². The van der Waals surface area contributed by atoms with Crippen molar-refractivity contribution < 1.29 is 19.4 Å². The minimum Gasteiger partial charge on any atom is -0.497 e. The lowest BCUT2D eigenvalue weighted by atomic mass is 10.2. The maximum absolute atomic E-state index is 12.1. The van der Waals surface area contributed by atoms with E-state index >= 15 is 0 Å².